The number of hydrogen-bond acceptors (Lipinski definition) is 5. The van der Waals surface area contributed by atoms with Gasteiger partial charge in [0.25, 0.3) is 0 Å². The van der Waals surface area contributed by atoms with Gasteiger partial charge in [0.2, 0.25) is 5.72 Å². The van der Waals surface area contributed by atoms with Gasteiger partial charge in [-0.15, -0.1) is 0 Å². The Labute approximate surface area is 178 Å². The van der Waals surface area contributed by atoms with Gasteiger partial charge in [-0.3, -0.25) is 9.78 Å². The summed E-state index contributed by atoms with van der Waals surface area (Å²) in [6.45, 7) is 0. The van der Waals surface area contributed by atoms with Gasteiger partial charge in [-0.25, -0.2) is 4.79 Å². The average Bonchev–Trinajstić information content (AvgIpc) is 2.63. The number of phenols is 1. The van der Waals surface area contributed by atoms with Crippen LogP contribution in [-0.4, -0.2) is 38.9 Å². The van der Waals surface area contributed by atoms with Gasteiger partial charge in [-0.1, -0.05) is 15.9 Å². The zero-order valence-electron chi connectivity index (χ0n) is 14.2. The lowest BCUT2D eigenvalue weighted by Crippen LogP contribution is -2.72. The number of rotatable bonds is 3. The molecule has 4 N–H and O–H groups in total. The van der Waals surface area contributed by atoms with E-state index in [2.05, 4.69) is 42.2 Å². The molecule has 0 bridgehead atoms. The number of aliphatic hydroxyl groups is 1. The lowest BCUT2D eigenvalue weighted by molar-refractivity contribution is -0.287. The number of benzene rings is 1. The molecule has 0 spiro atoms. The molecule has 1 aliphatic heterocycles. The number of carbonyl (C=O) groups is 2. The zero-order chi connectivity index (χ0) is 21.6. The topological polar surface area (TPSA) is 112 Å². The first-order valence-corrected chi connectivity index (χ1v) is 9.54. The van der Waals surface area contributed by atoms with Crippen LogP contribution in [0.3, 0.4) is 0 Å². The first-order valence-electron chi connectivity index (χ1n) is 7.95. The molecule has 1 aliphatic rings. The summed E-state index contributed by atoms with van der Waals surface area (Å²) < 4.78 is 42.0. The number of nitrogens with one attached hydrogen (secondary N) is 2. The van der Waals surface area contributed by atoms with Gasteiger partial charge in [-0.2, -0.15) is 13.2 Å². The molecule has 0 unspecified atom stereocenters. The smallest absolute Gasteiger partial charge is 0.437 e. The molecule has 0 aliphatic carbocycles. The highest BCUT2D eigenvalue weighted by Gasteiger charge is 2.66. The molecule has 7 nitrogen and oxygen atoms in total. The lowest BCUT2D eigenvalue weighted by Gasteiger charge is -2.45. The molecule has 2 amide bonds. The molecule has 29 heavy (non-hydrogen) atoms. The third-order valence-corrected chi connectivity index (χ3v) is 5.49. The van der Waals surface area contributed by atoms with E-state index in [1.807, 2.05) is 0 Å². The molecule has 0 saturated carbocycles. The van der Waals surface area contributed by atoms with Gasteiger partial charge in [0.15, 0.2) is 5.78 Å². The highest BCUT2D eigenvalue weighted by molar-refractivity contribution is 9.11. The van der Waals surface area contributed by atoms with E-state index in [-0.39, 0.29) is 15.6 Å². The maximum Gasteiger partial charge on any atom is 0.437 e. The lowest BCUT2D eigenvalue weighted by atomic mass is 9.77. The van der Waals surface area contributed by atoms with Crippen molar-refractivity contribution in [2.24, 2.45) is 5.92 Å². The summed E-state index contributed by atoms with van der Waals surface area (Å²) in [5.41, 5.74) is -4.31. The predicted octanol–water partition coefficient (Wildman–Crippen LogP) is 3.42. The summed E-state index contributed by atoms with van der Waals surface area (Å²) in [6, 6.07) is 2.18. The first kappa shape index (κ1) is 21.5. The largest absolute Gasteiger partial charge is 0.506 e. The molecular weight excluding hydrogens is 527 g/mol. The highest BCUT2D eigenvalue weighted by atomic mass is 79.9. The van der Waals surface area contributed by atoms with Gasteiger partial charge in [0, 0.05) is 28.0 Å². The second-order valence-electron chi connectivity index (χ2n) is 6.25. The molecule has 2 aromatic rings. The summed E-state index contributed by atoms with van der Waals surface area (Å²) in [6.07, 6.45) is -3.03. The molecule has 1 saturated heterocycles. The number of halogens is 5. The van der Waals surface area contributed by atoms with E-state index in [1.54, 1.807) is 0 Å². The summed E-state index contributed by atoms with van der Waals surface area (Å²) in [5.74, 6) is -3.89. The molecule has 3 atom stereocenters. The van der Waals surface area contributed by atoms with Crippen molar-refractivity contribution in [2.45, 2.75) is 17.9 Å². The number of nitrogens with zero attached hydrogens (tertiary/aromatic N) is 1. The second-order valence-corrected chi connectivity index (χ2v) is 8.02. The van der Waals surface area contributed by atoms with Crippen LogP contribution in [0.25, 0.3) is 0 Å². The average molecular weight is 539 g/mol. The maximum atomic E-state index is 13.8. The predicted molar refractivity (Wildman–Crippen MR) is 101 cm³/mol. The first-order chi connectivity index (χ1) is 13.5. The number of aromatic hydroxyl groups is 1. The molecule has 2 heterocycles. The molecule has 1 aromatic carbocycles. The molecule has 12 heteroatoms. The maximum absolute atomic E-state index is 13.8. The Kier molecular flexibility index (Phi) is 5.62. The number of amides is 2. The number of pyridine rings is 1. The van der Waals surface area contributed by atoms with Crippen LogP contribution < -0.4 is 10.6 Å². The molecule has 1 fully saturated rings. The van der Waals surface area contributed by atoms with E-state index in [0.717, 1.165) is 6.20 Å². The molecule has 1 aromatic heterocycles. The fourth-order valence-electron chi connectivity index (χ4n) is 3.11. The van der Waals surface area contributed by atoms with Crippen molar-refractivity contribution >= 4 is 43.7 Å². The number of carbonyl (C=O) groups excluding carboxylic acids is 2. The minimum atomic E-state index is -5.40. The van der Waals surface area contributed by atoms with Gasteiger partial charge in [-0.05, 0) is 40.2 Å². The number of aromatic nitrogens is 1. The van der Waals surface area contributed by atoms with Crippen LogP contribution in [0.2, 0.25) is 0 Å². The van der Waals surface area contributed by atoms with Gasteiger partial charge < -0.3 is 20.8 Å². The number of hydrogen-bond donors (Lipinski definition) is 4. The molecule has 154 valence electrons. The summed E-state index contributed by atoms with van der Waals surface area (Å²) in [5, 5.41) is 24.5. The number of alkyl halides is 3. The van der Waals surface area contributed by atoms with E-state index in [0.29, 0.717) is 4.47 Å². The number of Topliss-reactive ketones (excluding diaryl/α,β-unsaturated/α-hetero) is 1. The van der Waals surface area contributed by atoms with Crippen molar-refractivity contribution in [2.75, 3.05) is 0 Å². The van der Waals surface area contributed by atoms with Crippen molar-refractivity contribution in [1.29, 1.82) is 0 Å². The summed E-state index contributed by atoms with van der Waals surface area (Å²) in [4.78, 5) is 28.7. The van der Waals surface area contributed by atoms with Crippen molar-refractivity contribution in [3.63, 3.8) is 0 Å². The standard InChI is InChI=1S/C17H12Br2F3N3O4/c18-8-4-9(14(27)10(19)5-8)12-11(13(26)7-2-1-3-23-6-7)16(29,17(20,21)22)25-15(28)24-12/h1-6,11-12,27,29H,(H2,24,25,28)/t11-,12+,16-/m0/s1. The van der Waals surface area contributed by atoms with E-state index >= 15 is 0 Å². The van der Waals surface area contributed by atoms with Crippen LogP contribution in [0, 0.1) is 5.92 Å². The van der Waals surface area contributed by atoms with Crippen LogP contribution >= 0.6 is 31.9 Å². The van der Waals surface area contributed by atoms with E-state index in [9.17, 15) is 33.0 Å². The third kappa shape index (κ3) is 3.83. The highest BCUT2D eigenvalue weighted by Crippen LogP contribution is 2.47. The Morgan fingerprint density at radius 3 is 2.55 bits per heavy atom. The van der Waals surface area contributed by atoms with Crippen molar-refractivity contribution in [3.8, 4) is 5.75 Å². The Balaban J connectivity index is 2.24. The van der Waals surface area contributed by atoms with Crippen LogP contribution in [-0.2, 0) is 0 Å². The fourth-order valence-corrected chi connectivity index (χ4v) is 4.37. The summed E-state index contributed by atoms with van der Waals surface area (Å²) in [7, 11) is 0. The van der Waals surface area contributed by atoms with Crippen LogP contribution in [0.4, 0.5) is 18.0 Å². The Morgan fingerprint density at radius 1 is 1.28 bits per heavy atom. The monoisotopic (exact) mass is 537 g/mol. The van der Waals surface area contributed by atoms with E-state index in [4.69, 9.17) is 0 Å². The quantitative estimate of drug-likeness (QED) is 0.447. The molecule has 0 radical (unpaired) electrons. The zero-order valence-corrected chi connectivity index (χ0v) is 17.3. The van der Waals surface area contributed by atoms with E-state index < -0.39 is 41.4 Å². The van der Waals surface area contributed by atoms with Crippen molar-refractivity contribution < 1.29 is 33.0 Å². The SMILES string of the molecule is O=C1N[C@H](c2cc(Br)cc(Br)c2O)[C@@H](C(=O)c2cccnc2)[C@](O)(C(F)(F)F)N1. The van der Waals surface area contributed by atoms with E-state index in [1.165, 1.54) is 35.8 Å². The normalized spacial score (nSPS) is 24.6. The van der Waals surface area contributed by atoms with Crippen LogP contribution in [0.1, 0.15) is 22.0 Å². The van der Waals surface area contributed by atoms with Crippen LogP contribution in [0.5, 0.6) is 5.75 Å². The fraction of sp³-hybridized carbons (Fsp3) is 0.235. The third-order valence-electron chi connectivity index (χ3n) is 4.43. The Hall–Kier alpha value is -2.18. The van der Waals surface area contributed by atoms with Crippen LogP contribution in [0.15, 0.2) is 45.6 Å². The minimum absolute atomic E-state index is 0.109. The van der Waals surface area contributed by atoms with Gasteiger partial charge >= 0.3 is 12.2 Å². The number of ketones is 1. The number of phenolic OH excluding ortho intramolecular Hbond substituents is 1. The minimum Gasteiger partial charge on any atom is -0.506 e. The van der Waals surface area contributed by atoms with Gasteiger partial charge in [0.1, 0.15) is 11.7 Å². The van der Waals surface area contributed by atoms with Gasteiger partial charge in [0.05, 0.1) is 10.5 Å². The molecular formula is C17H12Br2F3N3O4. The van der Waals surface area contributed by atoms with Crippen molar-refractivity contribution in [3.05, 3.63) is 56.7 Å². The number of urea groups is 1. The summed E-state index contributed by atoms with van der Waals surface area (Å²) >= 11 is 6.21. The van der Waals surface area contributed by atoms with Crippen molar-refractivity contribution in [1.82, 2.24) is 15.6 Å². The molecule has 3 rings (SSSR count). The Bertz CT molecular complexity index is 974. The second kappa shape index (κ2) is 7.58. The Morgan fingerprint density at radius 2 is 1.97 bits per heavy atom.